The normalized spacial score (nSPS) is 14.0. The lowest BCUT2D eigenvalue weighted by Gasteiger charge is -2.09. The highest BCUT2D eigenvalue weighted by atomic mass is 16.5. The van der Waals surface area contributed by atoms with E-state index in [1.165, 1.54) is 0 Å². The average Bonchev–Trinajstić information content (AvgIpc) is 3.02. The lowest BCUT2D eigenvalue weighted by molar-refractivity contribution is 0.0942. The van der Waals surface area contributed by atoms with Gasteiger partial charge in [-0.15, -0.1) is 0 Å². The molecular formula is C14H19N5O2. The first-order chi connectivity index (χ1) is 10.1. The Balaban J connectivity index is 1.59. The molecule has 7 nitrogen and oxygen atoms in total. The van der Waals surface area contributed by atoms with E-state index in [4.69, 9.17) is 4.52 Å². The largest absolute Gasteiger partial charge is 0.360 e. The summed E-state index contributed by atoms with van der Waals surface area (Å²) in [5.41, 5.74) is 1.42. The van der Waals surface area contributed by atoms with E-state index in [1.807, 2.05) is 13.8 Å². The van der Waals surface area contributed by atoms with Crippen molar-refractivity contribution < 1.29 is 9.32 Å². The van der Waals surface area contributed by atoms with Crippen LogP contribution in [0.3, 0.4) is 0 Å². The molecule has 0 saturated heterocycles. The second kappa shape index (κ2) is 5.67. The third-order valence-corrected chi connectivity index (χ3v) is 3.74. The predicted octanol–water partition coefficient (Wildman–Crippen LogP) is 1.19. The highest BCUT2D eigenvalue weighted by molar-refractivity contribution is 5.93. The minimum Gasteiger partial charge on any atom is -0.360 e. The summed E-state index contributed by atoms with van der Waals surface area (Å²) in [5, 5.41) is 11.1. The van der Waals surface area contributed by atoms with E-state index >= 15 is 0 Å². The molecule has 0 bridgehead atoms. The number of nitrogens with one attached hydrogen (secondary N) is 1. The molecule has 0 atom stereocenters. The second-order valence-corrected chi connectivity index (χ2v) is 5.33. The van der Waals surface area contributed by atoms with Crippen LogP contribution in [0.2, 0.25) is 0 Å². The van der Waals surface area contributed by atoms with Gasteiger partial charge in [0.2, 0.25) is 0 Å². The Morgan fingerprint density at radius 1 is 1.33 bits per heavy atom. The van der Waals surface area contributed by atoms with Crippen molar-refractivity contribution in [1.82, 2.24) is 25.2 Å². The standard InChI is InChI=1S/C14H19N5O2/c1-9-16-10(2)19(17-9)8-7-15-14(20)13-11-5-3-4-6-12(11)21-18-13/h3-8H2,1-2H3,(H,15,20). The van der Waals surface area contributed by atoms with Gasteiger partial charge in [-0.05, 0) is 33.1 Å². The van der Waals surface area contributed by atoms with Gasteiger partial charge in [-0.3, -0.25) is 4.79 Å². The fourth-order valence-electron chi connectivity index (χ4n) is 2.70. The molecule has 2 aromatic rings. The van der Waals surface area contributed by atoms with Crippen LogP contribution in [0.25, 0.3) is 0 Å². The van der Waals surface area contributed by atoms with Crippen molar-refractivity contribution >= 4 is 5.91 Å². The topological polar surface area (TPSA) is 85.8 Å². The van der Waals surface area contributed by atoms with Crippen molar-refractivity contribution in [2.45, 2.75) is 46.1 Å². The highest BCUT2D eigenvalue weighted by Gasteiger charge is 2.23. The van der Waals surface area contributed by atoms with E-state index < -0.39 is 0 Å². The molecule has 1 N–H and O–H groups in total. The number of aromatic nitrogens is 4. The van der Waals surface area contributed by atoms with Gasteiger partial charge in [-0.2, -0.15) is 5.10 Å². The maximum atomic E-state index is 12.2. The molecular weight excluding hydrogens is 270 g/mol. The summed E-state index contributed by atoms with van der Waals surface area (Å²) >= 11 is 0. The first-order valence-corrected chi connectivity index (χ1v) is 7.29. The number of nitrogens with zero attached hydrogens (tertiary/aromatic N) is 4. The van der Waals surface area contributed by atoms with Gasteiger partial charge in [0, 0.05) is 18.5 Å². The van der Waals surface area contributed by atoms with E-state index in [2.05, 4.69) is 20.6 Å². The monoisotopic (exact) mass is 289 g/mol. The predicted molar refractivity (Wildman–Crippen MR) is 75.0 cm³/mol. The Morgan fingerprint density at radius 2 is 2.14 bits per heavy atom. The van der Waals surface area contributed by atoms with Gasteiger partial charge in [-0.25, -0.2) is 9.67 Å². The molecule has 21 heavy (non-hydrogen) atoms. The fourth-order valence-corrected chi connectivity index (χ4v) is 2.70. The van der Waals surface area contributed by atoms with Crippen molar-refractivity contribution in [2.24, 2.45) is 0 Å². The molecule has 0 fully saturated rings. The number of hydrogen-bond donors (Lipinski definition) is 1. The van der Waals surface area contributed by atoms with Crippen molar-refractivity contribution in [3.8, 4) is 0 Å². The first kappa shape index (κ1) is 13.8. The Morgan fingerprint density at radius 3 is 2.90 bits per heavy atom. The Labute approximate surface area is 122 Å². The molecule has 1 aliphatic carbocycles. The molecule has 1 amide bonds. The quantitative estimate of drug-likeness (QED) is 0.913. The van der Waals surface area contributed by atoms with Crippen LogP contribution in [0.5, 0.6) is 0 Å². The Bertz CT molecular complexity index is 658. The van der Waals surface area contributed by atoms with Crippen LogP contribution in [0.15, 0.2) is 4.52 Å². The number of hydrogen-bond acceptors (Lipinski definition) is 5. The molecule has 2 aromatic heterocycles. The van der Waals surface area contributed by atoms with E-state index in [0.29, 0.717) is 18.8 Å². The third-order valence-electron chi connectivity index (χ3n) is 3.74. The van der Waals surface area contributed by atoms with Gasteiger partial charge in [0.15, 0.2) is 5.69 Å². The number of aryl methyl sites for hydroxylation is 3. The maximum Gasteiger partial charge on any atom is 0.273 e. The average molecular weight is 289 g/mol. The summed E-state index contributed by atoms with van der Waals surface area (Å²) < 4.78 is 7.04. The van der Waals surface area contributed by atoms with Crippen LogP contribution in [-0.2, 0) is 19.4 Å². The molecule has 7 heteroatoms. The smallest absolute Gasteiger partial charge is 0.273 e. The minimum absolute atomic E-state index is 0.170. The summed E-state index contributed by atoms with van der Waals surface area (Å²) in [5.74, 6) is 2.29. The van der Waals surface area contributed by atoms with E-state index in [1.54, 1.807) is 4.68 Å². The van der Waals surface area contributed by atoms with Crippen LogP contribution in [0.1, 0.15) is 46.3 Å². The molecule has 0 unspecified atom stereocenters. The molecule has 3 rings (SSSR count). The molecule has 112 valence electrons. The van der Waals surface area contributed by atoms with Crippen LogP contribution < -0.4 is 5.32 Å². The molecule has 0 aromatic carbocycles. The Kier molecular flexibility index (Phi) is 3.72. The summed E-state index contributed by atoms with van der Waals surface area (Å²) in [6.07, 6.45) is 3.95. The summed E-state index contributed by atoms with van der Waals surface area (Å²) in [7, 11) is 0. The first-order valence-electron chi connectivity index (χ1n) is 7.29. The van der Waals surface area contributed by atoms with E-state index in [-0.39, 0.29) is 5.91 Å². The molecule has 1 aliphatic rings. The fraction of sp³-hybridized carbons (Fsp3) is 0.571. The molecule has 0 radical (unpaired) electrons. The number of carbonyl (C=O) groups excluding carboxylic acids is 1. The zero-order chi connectivity index (χ0) is 14.8. The highest BCUT2D eigenvalue weighted by Crippen LogP contribution is 2.23. The van der Waals surface area contributed by atoms with Crippen molar-refractivity contribution in [2.75, 3.05) is 6.54 Å². The summed E-state index contributed by atoms with van der Waals surface area (Å²) in [6.45, 7) is 4.84. The minimum atomic E-state index is -0.170. The molecule has 0 saturated carbocycles. The number of carbonyl (C=O) groups is 1. The van der Waals surface area contributed by atoms with Gasteiger partial charge in [0.25, 0.3) is 5.91 Å². The third kappa shape index (κ3) is 2.81. The number of fused-ring (bicyclic) bond motifs is 1. The number of rotatable bonds is 4. The SMILES string of the molecule is Cc1nc(C)n(CCNC(=O)c2noc3c2CCCC3)n1. The van der Waals surface area contributed by atoms with Crippen molar-refractivity contribution in [1.29, 1.82) is 0 Å². The van der Waals surface area contributed by atoms with Crippen LogP contribution in [0.4, 0.5) is 0 Å². The van der Waals surface area contributed by atoms with Gasteiger partial charge in [0.1, 0.15) is 17.4 Å². The van der Waals surface area contributed by atoms with Crippen molar-refractivity contribution in [3.63, 3.8) is 0 Å². The van der Waals surface area contributed by atoms with Gasteiger partial charge in [-0.1, -0.05) is 5.16 Å². The van der Waals surface area contributed by atoms with Crippen molar-refractivity contribution in [3.05, 3.63) is 28.7 Å². The lowest BCUT2D eigenvalue weighted by atomic mass is 9.96. The van der Waals surface area contributed by atoms with Gasteiger partial charge in [0.05, 0.1) is 6.54 Å². The summed E-state index contributed by atoms with van der Waals surface area (Å²) in [4.78, 5) is 16.4. The van der Waals surface area contributed by atoms with Crippen LogP contribution in [0, 0.1) is 13.8 Å². The van der Waals surface area contributed by atoms with Crippen LogP contribution >= 0.6 is 0 Å². The molecule has 0 spiro atoms. The van der Waals surface area contributed by atoms with Gasteiger partial charge < -0.3 is 9.84 Å². The van der Waals surface area contributed by atoms with Crippen LogP contribution in [-0.4, -0.2) is 32.4 Å². The number of amides is 1. The molecule has 0 aliphatic heterocycles. The van der Waals surface area contributed by atoms with E-state index in [9.17, 15) is 4.79 Å². The van der Waals surface area contributed by atoms with Gasteiger partial charge >= 0.3 is 0 Å². The summed E-state index contributed by atoms with van der Waals surface area (Å²) in [6, 6.07) is 0. The van der Waals surface area contributed by atoms with E-state index in [0.717, 1.165) is 48.7 Å². The zero-order valence-corrected chi connectivity index (χ0v) is 12.3. The maximum absolute atomic E-state index is 12.2. The lowest BCUT2D eigenvalue weighted by Crippen LogP contribution is -2.29. The molecule has 2 heterocycles. The second-order valence-electron chi connectivity index (χ2n) is 5.33. The Hall–Kier alpha value is -2.18. The zero-order valence-electron chi connectivity index (χ0n) is 12.3.